The summed E-state index contributed by atoms with van der Waals surface area (Å²) in [6.45, 7) is 6.08. The molecule has 3 rings (SSSR count). The molecule has 0 radical (unpaired) electrons. The normalized spacial score (nSPS) is 16.9. The van der Waals surface area contributed by atoms with Gasteiger partial charge in [0, 0.05) is 38.9 Å². The number of rotatable bonds is 1. The molecule has 7 heteroatoms. The Morgan fingerprint density at radius 3 is 2.45 bits per heavy atom. The first-order chi connectivity index (χ1) is 8.34. The van der Waals surface area contributed by atoms with Gasteiger partial charge in [0.15, 0.2) is 0 Å². The molecule has 1 aromatic rings. The van der Waals surface area contributed by atoms with E-state index in [9.17, 15) is 0 Å². The van der Waals surface area contributed by atoms with Crippen molar-refractivity contribution in [2.45, 2.75) is 0 Å². The van der Waals surface area contributed by atoms with Crippen molar-refractivity contribution in [1.82, 2.24) is 5.32 Å². The average Bonchev–Trinajstić information content (AvgIpc) is 2.40. The maximum Gasteiger partial charge on any atom is 0.142 e. The van der Waals surface area contributed by atoms with Crippen LogP contribution in [0.15, 0.2) is 18.2 Å². The Balaban J connectivity index is 0.00000120. The molecule has 1 saturated heterocycles. The molecule has 0 saturated carbocycles. The van der Waals surface area contributed by atoms with Crippen LogP contribution in [0.5, 0.6) is 5.75 Å². The number of benzene rings is 1. The Kier molecular flexibility index (Phi) is 8.44. The number of nitrogens with one attached hydrogen (secondary N) is 1. The summed E-state index contributed by atoms with van der Waals surface area (Å²) in [6, 6.07) is 6.52. The van der Waals surface area contributed by atoms with Crippen molar-refractivity contribution in [2.24, 2.45) is 0 Å². The zero-order valence-corrected chi connectivity index (χ0v) is 14.0. The van der Waals surface area contributed by atoms with E-state index < -0.39 is 0 Å². The van der Waals surface area contributed by atoms with Gasteiger partial charge in [0.25, 0.3) is 0 Å². The fourth-order valence-electron chi connectivity index (χ4n) is 2.46. The van der Waals surface area contributed by atoms with Gasteiger partial charge >= 0.3 is 0 Å². The van der Waals surface area contributed by atoms with E-state index in [0.29, 0.717) is 0 Å². The first-order valence-electron chi connectivity index (χ1n) is 6.28. The molecule has 2 aliphatic heterocycles. The van der Waals surface area contributed by atoms with Crippen molar-refractivity contribution in [1.29, 1.82) is 0 Å². The SMILES string of the molecule is CN1CCOc2ccc(N3CCNCC3)cc21.Cl.Cl.Cl. The summed E-state index contributed by atoms with van der Waals surface area (Å²) in [5, 5.41) is 3.38. The van der Waals surface area contributed by atoms with E-state index in [-0.39, 0.29) is 37.2 Å². The topological polar surface area (TPSA) is 27.7 Å². The molecule has 2 heterocycles. The summed E-state index contributed by atoms with van der Waals surface area (Å²) >= 11 is 0. The lowest BCUT2D eigenvalue weighted by Crippen LogP contribution is -2.43. The molecule has 1 aromatic carbocycles. The highest BCUT2D eigenvalue weighted by Gasteiger charge is 2.17. The average molecular weight is 343 g/mol. The summed E-state index contributed by atoms with van der Waals surface area (Å²) in [6.07, 6.45) is 0. The fourth-order valence-corrected chi connectivity index (χ4v) is 2.46. The van der Waals surface area contributed by atoms with Crippen LogP contribution in [0.4, 0.5) is 11.4 Å². The summed E-state index contributed by atoms with van der Waals surface area (Å²) in [7, 11) is 2.13. The van der Waals surface area contributed by atoms with E-state index in [1.165, 1.54) is 11.4 Å². The van der Waals surface area contributed by atoms with Gasteiger partial charge < -0.3 is 19.9 Å². The molecule has 0 spiro atoms. The van der Waals surface area contributed by atoms with Crippen LogP contribution in [0, 0.1) is 0 Å². The third-order valence-corrected chi connectivity index (χ3v) is 3.52. The second-order valence-electron chi connectivity index (χ2n) is 4.66. The second-order valence-corrected chi connectivity index (χ2v) is 4.66. The highest BCUT2D eigenvalue weighted by Crippen LogP contribution is 2.34. The van der Waals surface area contributed by atoms with Crippen molar-refractivity contribution in [3.05, 3.63) is 18.2 Å². The molecule has 0 atom stereocenters. The number of nitrogens with zero attached hydrogens (tertiary/aromatic N) is 2. The highest BCUT2D eigenvalue weighted by molar-refractivity contribution is 5.86. The monoisotopic (exact) mass is 341 g/mol. The lowest BCUT2D eigenvalue weighted by atomic mass is 10.2. The van der Waals surface area contributed by atoms with Crippen molar-refractivity contribution in [3.8, 4) is 5.75 Å². The third-order valence-electron chi connectivity index (χ3n) is 3.52. The minimum atomic E-state index is 0. The van der Waals surface area contributed by atoms with E-state index in [1.54, 1.807) is 0 Å². The molecular formula is C13H22Cl3N3O. The first kappa shape index (κ1) is 19.4. The van der Waals surface area contributed by atoms with Crippen LogP contribution in [0.2, 0.25) is 0 Å². The van der Waals surface area contributed by atoms with Crippen molar-refractivity contribution >= 4 is 48.6 Å². The van der Waals surface area contributed by atoms with Gasteiger partial charge in [-0.05, 0) is 18.2 Å². The summed E-state index contributed by atoms with van der Waals surface area (Å²) < 4.78 is 5.66. The van der Waals surface area contributed by atoms with E-state index in [0.717, 1.165) is 45.1 Å². The van der Waals surface area contributed by atoms with Crippen LogP contribution in [0.3, 0.4) is 0 Å². The molecule has 0 unspecified atom stereocenters. The summed E-state index contributed by atoms with van der Waals surface area (Å²) in [5.41, 5.74) is 2.52. The second kappa shape index (κ2) is 8.67. The van der Waals surface area contributed by atoms with Gasteiger partial charge in [-0.1, -0.05) is 0 Å². The van der Waals surface area contributed by atoms with Crippen LogP contribution < -0.4 is 19.9 Å². The Morgan fingerprint density at radius 1 is 1.05 bits per heavy atom. The molecule has 116 valence electrons. The molecule has 1 fully saturated rings. The fraction of sp³-hybridized carbons (Fsp3) is 0.538. The lowest BCUT2D eigenvalue weighted by Gasteiger charge is -2.32. The van der Waals surface area contributed by atoms with E-state index in [2.05, 4.69) is 40.4 Å². The molecule has 20 heavy (non-hydrogen) atoms. The van der Waals surface area contributed by atoms with Crippen LogP contribution in [-0.2, 0) is 0 Å². The minimum absolute atomic E-state index is 0. The maximum absolute atomic E-state index is 5.66. The van der Waals surface area contributed by atoms with Gasteiger partial charge in [0.1, 0.15) is 12.4 Å². The van der Waals surface area contributed by atoms with Gasteiger partial charge in [-0.3, -0.25) is 0 Å². The Bertz CT molecular complexity index is 414. The number of fused-ring (bicyclic) bond motifs is 1. The molecule has 0 bridgehead atoms. The predicted molar refractivity (Wildman–Crippen MR) is 92.0 cm³/mol. The van der Waals surface area contributed by atoms with Gasteiger partial charge in [0.2, 0.25) is 0 Å². The third kappa shape index (κ3) is 3.98. The smallest absolute Gasteiger partial charge is 0.142 e. The minimum Gasteiger partial charge on any atom is -0.490 e. The molecule has 0 aromatic heterocycles. The predicted octanol–water partition coefficient (Wildman–Crippen LogP) is 2.19. The lowest BCUT2D eigenvalue weighted by molar-refractivity contribution is 0.311. The number of likely N-dealkylation sites (N-methyl/N-ethyl adjacent to an activating group) is 1. The quantitative estimate of drug-likeness (QED) is 0.847. The number of hydrogen-bond acceptors (Lipinski definition) is 4. The Hall–Kier alpha value is -0.550. The molecule has 0 aliphatic carbocycles. The Labute approximate surface area is 139 Å². The molecule has 0 amide bonds. The van der Waals surface area contributed by atoms with Gasteiger partial charge in [-0.2, -0.15) is 0 Å². The number of ether oxygens (including phenoxy) is 1. The molecule has 1 N–H and O–H groups in total. The van der Waals surface area contributed by atoms with Gasteiger partial charge in [-0.25, -0.2) is 0 Å². The van der Waals surface area contributed by atoms with E-state index >= 15 is 0 Å². The zero-order chi connectivity index (χ0) is 11.7. The van der Waals surface area contributed by atoms with E-state index in [1.807, 2.05) is 0 Å². The molecule has 2 aliphatic rings. The van der Waals surface area contributed by atoms with E-state index in [4.69, 9.17) is 4.74 Å². The standard InChI is InChI=1S/C13H19N3O.3ClH/c1-15-8-9-17-13-3-2-11(10-12(13)15)16-6-4-14-5-7-16;;;/h2-3,10,14H,4-9H2,1H3;3*1H. The van der Waals surface area contributed by atoms with Crippen molar-refractivity contribution in [2.75, 3.05) is 56.2 Å². The van der Waals surface area contributed by atoms with Crippen LogP contribution in [0.1, 0.15) is 0 Å². The van der Waals surface area contributed by atoms with Crippen LogP contribution in [-0.4, -0.2) is 46.4 Å². The number of piperazine rings is 1. The zero-order valence-electron chi connectivity index (χ0n) is 11.5. The number of anilines is 2. The van der Waals surface area contributed by atoms with Gasteiger partial charge in [0.05, 0.1) is 12.2 Å². The largest absolute Gasteiger partial charge is 0.490 e. The molecule has 4 nitrogen and oxygen atoms in total. The maximum atomic E-state index is 5.66. The van der Waals surface area contributed by atoms with Gasteiger partial charge in [-0.15, -0.1) is 37.2 Å². The number of halogens is 3. The van der Waals surface area contributed by atoms with Crippen LogP contribution in [0.25, 0.3) is 0 Å². The summed E-state index contributed by atoms with van der Waals surface area (Å²) in [4.78, 5) is 4.70. The number of hydrogen-bond donors (Lipinski definition) is 1. The van der Waals surface area contributed by atoms with Crippen molar-refractivity contribution in [3.63, 3.8) is 0 Å². The summed E-state index contributed by atoms with van der Waals surface area (Å²) in [5.74, 6) is 1.01. The first-order valence-corrected chi connectivity index (χ1v) is 6.28. The molecular weight excluding hydrogens is 321 g/mol. The highest BCUT2D eigenvalue weighted by atomic mass is 35.5. The Morgan fingerprint density at radius 2 is 1.75 bits per heavy atom. The van der Waals surface area contributed by atoms with Crippen molar-refractivity contribution < 1.29 is 4.74 Å². The van der Waals surface area contributed by atoms with Crippen LogP contribution >= 0.6 is 37.2 Å².